The zero-order valence-electron chi connectivity index (χ0n) is 22.4. The largest absolute Gasteiger partial charge is 0.467 e. The Kier molecular flexibility index (Phi) is 8.65. The molecule has 1 fully saturated rings. The van der Waals surface area contributed by atoms with Crippen LogP contribution >= 0.6 is 0 Å². The van der Waals surface area contributed by atoms with Crippen molar-refractivity contribution >= 4 is 23.5 Å². The molecule has 0 saturated carbocycles. The minimum absolute atomic E-state index is 0.0215. The maximum atomic E-state index is 14.7. The monoisotopic (exact) mass is 535 g/mol. The van der Waals surface area contributed by atoms with Crippen LogP contribution in [0.25, 0.3) is 0 Å². The highest BCUT2D eigenvalue weighted by atomic mass is 19.1. The van der Waals surface area contributed by atoms with Crippen LogP contribution in [0.2, 0.25) is 0 Å². The van der Waals surface area contributed by atoms with E-state index in [0.717, 1.165) is 11.6 Å². The van der Waals surface area contributed by atoms with E-state index in [1.165, 1.54) is 18.4 Å². The van der Waals surface area contributed by atoms with E-state index < -0.39 is 11.8 Å². The number of carbonyl (C=O) groups excluding carboxylic acids is 3. The third kappa shape index (κ3) is 7.90. The number of benzene rings is 2. The molecule has 9 nitrogen and oxygen atoms in total. The van der Waals surface area contributed by atoms with Crippen molar-refractivity contribution in [3.8, 4) is 0 Å². The van der Waals surface area contributed by atoms with E-state index in [-0.39, 0.29) is 35.1 Å². The van der Waals surface area contributed by atoms with Crippen LogP contribution in [0.1, 0.15) is 52.8 Å². The molecule has 0 aliphatic carbocycles. The highest BCUT2D eigenvalue weighted by Gasteiger charge is 2.23. The molecular weight excluding hydrogens is 501 g/mol. The molecule has 1 aromatic heterocycles. The van der Waals surface area contributed by atoms with Gasteiger partial charge >= 0.3 is 6.03 Å². The highest BCUT2D eigenvalue weighted by molar-refractivity contribution is 5.96. The Hall–Kier alpha value is -4.18. The van der Waals surface area contributed by atoms with Crippen LogP contribution in [0.15, 0.2) is 65.3 Å². The first-order chi connectivity index (χ1) is 18.6. The Labute approximate surface area is 227 Å². The molecule has 3 N–H and O–H groups in total. The Morgan fingerprint density at radius 3 is 2.38 bits per heavy atom. The summed E-state index contributed by atoms with van der Waals surface area (Å²) in [6.45, 7) is 8.97. The third-order valence-electron chi connectivity index (χ3n) is 6.21. The van der Waals surface area contributed by atoms with E-state index in [4.69, 9.17) is 4.42 Å². The molecule has 1 aliphatic heterocycles. The lowest BCUT2D eigenvalue weighted by Crippen LogP contribution is -2.48. The number of amides is 4. The minimum atomic E-state index is -0.692. The smallest absolute Gasteiger partial charge is 0.319 e. The fourth-order valence-corrected chi connectivity index (χ4v) is 4.27. The molecule has 3 aromatic rings. The lowest BCUT2D eigenvalue weighted by Gasteiger charge is -2.35. The number of rotatable bonds is 7. The second kappa shape index (κ2) is 12.1. The van der Waals surface area contributed by atoms with Crippen molar-refractivity contribution in [1.29, 1.82) is 0 Å². The molecule has 0 radical (unpaired) electrons. The molecule has 0 unspecified atom stereocenters. The maximum Gasteiger partial charge on any atom is 0.319 e. The van der Waals surface area contributed by atoms with Gasteiger partial charge in [-0.15, -0.1) is 0 Å². The normalized spacial score (nSPS) is 14.1. The molecule has 2 heterocycles. The van der Waals surface area contributed by atoms with Gasteiger partial charge in [-0.3, -0.25) is 14.5 Å². The summed E-state index contributed by atoms with van der Waals surface area (Å²) in [5.74, 6) is -0.488. The molecule has 0 atom stereocenters. The molecule has 206 valence electrons. The number of urea groups is 1. The number of nitrogens with zero attached hydrogens (tertiary/aromatic N) is 2. The maximum absolute atomic E-state index is 14.7. The van der Waals surface area contributed by atoms with Crippen molar-refractivity contribution in [1.82, 2.24) is 20.4 Å². The number of hydrogen-bond acceptors (Lipinski definition) is 5. The lowest BCUT2D eigenvalue weighted by atomic mass is 10.1. The van der Waals surface area contributed by atoms with Crippen molar-refractivity contribution < 1.29 is 23.2 Å². The summed E-state index contributed by atoms with van der Waals surface area (Å²) in [5.41, 5.74) is 1.53. The van der Waals surface area contributed by atoms with Gasteiger partial charge in [0.25, 0.3) is 11.8 Å². The quantitative estimate of drug-likeness (QED) is 0.420. The predicted octanol–water partition coefficient (Wildman–Crippen LogP) is 4.23. The summed E-state index contributed by atoms with van der Waals surface area (Å²) in [7, 11) is 0. The number of carbonyl (C=O) groups is 3. The van der Waals surface area contributed by atoms with E-state index >= 15 is 0 Å². The van der Waals surface area contributed by atoms with Crippen LogP contribution in [0.3, 0.4) is 0 Å². The fourth-order valence-electron chi connectivity index (χ4n) is 4.27. The summed E-state index contributed by atoms with van der Waals surface area (Å²) in [4.78, 5) is 41.5. The molecule has 4 amide bonds. The first-order valence-corrected chi connectivity index (χ1v) is 12.9. The van der Waals surface area contributed by atoms with Gasteiger partial charge in [-0.1, -0.05) is 12.1 Å². The first kappa shape index (κ1) is 27.8. The standard InChI is InChI=1S/C29H34FN5O4/c1-29(2,3)33-26(36)21-7-4-6-20(16-21)19-34-11-13-35(14-12-34)27(37)22-9-10-25(24(30)17-22)32-28(38)31-18-23-8-5-15-39-23/h4-10,15-17H,11-14,18-19H2,1-3H3,(H,33,36)(H2,31,32,38). The topological polar surface area (TPSA) is 107 Å². The van der Waals surface area contributed by atoms with Crippen LogP contribution in [0.5, 0.6) is 0 Å². The minimum Gasteiger partial charge on any atom is -0.467 e. The number of furan rings is 1. The fraction of sp³-hybridized carbons (Fsp3) is 0.345. The van der Waals surface area contributed by atoms with Gasteiger partial charge in [0.1, 0.15) is 11.6 Å². The van der Waals surface area contributed by atoms with Crippen molar-refractivity contribution in [2.75, 3.05) is 31.5 Å². The molecule has 0 bridgehead atoms. The molecule has 1 saturated heterocycles. The van der Waals surface area contributed by atoms with Crippen LogP contribution in [-0.2, 0) is 13.1 Å². The van der Waals surface area contributed by atoms with Gasteiger partial charge in [0.15, 0.2) is 0 Å². The third-order valence-corrected chi connectivity index (χ3v) is 6.21. The van der Waals surface area contributed by atoms with E-state index in [0.29, 0.717) is 44.0 Å². The van der Waals surface area contributed by atoms with E-state index in [2.05, 4.69) is 20.9 Å². The average Bonchev–Trinajstić information content (AvgIpc) is 3.42. The van der Waals surface area contributed by atoms with Gasteiger partial charge < -0.3 is 25.3 Å². The first-order valence-electron chi connectivity index (χ1n) is 12.9. The number of anilines is 1. The van der Waals surface area contributed by atoms with Crippen LogP contribution in [0.4, 0.5) is 14.9 Å². The summed E-state index contributed by atoms with van der Waals surface area (Å²) in [6, 6.07) is 14.4. The van der Waals surface area contributed by atoms with Crippen LogP contribution in [-0.4, -0.2) is 59.4 Å². The average molecular weight is 536 g/mol. The molecule has 0 spiro atoms. The van der Waals surface area contributed by atoms with Crippen molar-refractivity contribution in [2.24, 2.45) is 0 Å². The Morgan fingerprint density at radius 2 is 1.72 bits per heavy atom. The molecule has 4 rings (SSSR count). The van der Waals surface area contributed by atoms with Crippen LogP contribution < -0.4 is 16.0 Å². The zero-order valence-corrected chi connectivity index (χ0v) is 22.4. The SMILES string of the molecule is CC(C)(C)NC(=O)c1cccc(CN2CCN(C(=O)c3ccc(NC(=O)NCc4ccco4)c(F)c3)CC2)c1. The Morgan fingerprint density at radius 1 is 0.949 bits per heavy atom. The van der Waals surface area contributed by atoms with E-state index in [1.807, 2.05) is 39.0 Å². The van der Waals surface area contributed by atoms with Gasteiger partial charge in [-0.25, -0.2) is 9.18 Å². The second-order valence-electron chi connectivity index (χ2n) is 10.6. The van der Waals surface area contributed by atoms with E-state index in [9.17, 15) is 18.8 Å². The number of nitrogens with one attached hydrogen (secondary N) is 3. The van der Waals surface area contributed by atoms with E-state index in [1.54, 1.807) is 23.1 Å². The van der Waals surface area contributed by atoms with Crippen LogP contribution in [0, 0.1) is 5.82 Å². The molecular formula is C29H34FN5O4. The van der Waals surface area contributed by atoms with Crippen molar-refractivity contribution in [3.05, 3.63) is 89.1 Å². The van der Waals surface area contributed by atoms with Gasteiger partial charge in [-0.05, 0) is 68.8 Å². The predicted molar refractivity (Wildman–Crippen MR) is 146 cm³/mol. The Bertz CT molecular complexity index is 1310. The molecule has 39 heavy (non-hydrogen) atoms. The highest BCUT2D eigenvalue weighted by Crippen LogP contribution is 2.19. The van der Waals surface area contributed by atoms with Crippen molar-refractivity contribution in [2.45, 2.75) is 39.4 Å². The summed E-state index contributed by atoms with van der Waals surface area (Å²) in [5, 5.41) is 8.00. The number of piperazine rings is 1. The second-order valence-corrected chi connectivity index (χ2v) is 10.6. The zero-order chi connectivity index (χ0) is 28.0. The summed E-state index contributed by atoms with van der Waals surface area (Å²) < 4.78 is 19.8. The van der Waals surface area contributed by atoms with Gasteiger partial charge in [0.05, 0.1) is 18.5 Å². The number of hydrogen-bond donors (Lipinski definition) is 3. The molecule has 10 heteroatoms. The molecule has 1 aliphatic rings. The summed E-state index contributed by atoms with van der Waals surface area (Å²) in [6.07, 6.45) is 1.50. The lowest BCUT2D eigenvalue weighted by molar-refractivity contribution is 0.0627. The number of halogens is 1. The van der Waals surface area contributed by atoms with Gasteiger partial charge in [0, 0.05) is 49.4 Å². The Balaban J connectivity index is 1.27. The summed E-state index contributed by atoms with van der Waals surface area (Å²) >= 11 is 0. The van der Waals surface area contributed by atoms with Gasteiger partial charge in [-0.2, -0.15) is 0 Å². The van der Waals surface area contributed by atoms with Gasteiger partial charge in [0.2, 0.25) is 0 Å². The van der Waals surface area contributed by atoms with Crippen molar-refractivity contribution in [3.63, 3.8) is 0 Å². The molecule has 2 aromatic carbocycles.